The molecule has 0 saturated carbocycles. The largest absolute Gasteiger partial charge is 0.478 e. The van der Waals surface area contributed by atoms with Gasteiger partial charge in [-0.1, -0.05) is 0 Å². The van der Waals surface area contributed by atoms with Crippen LogP contribution in [0, 0.1) is 0 Å². The Kier molecular flexibility index (Phi) is 4.59. The lowest BCUT2D eigenvalue weighted by Gasteiger charge is -2.22. The topological polar surface area (TPSA) is 67.2 Å². The summed E-state index contributed by atoms with van der Waals surface area (Å²) in [6, 6.07) is 0. The molecule has 1 aromatic rings. The molecular weight excluding hydrogens is 238 g/mol. The number of aryl methyl sites for hydroxylation is 1. The Morgan fingerprint density at radius 1 is 1.65 bits per heavy atom. The van der Waals surface area contributed by atoms with Crippen molar-refractivity contribution in [3.8, 4) is 0 Å². The normalized spacial score (nSPS) is 11.8. The number of nitrogens with one attached hydrogen (secondary N) is 1. The maximum atomic E-state index is 11.0. The van der Waals surface area contributed by atoms with E-state index in [1.54, 1.807) is 23.5 Å². The Morgan fingerprint density at radius 3 is 2.82 bits per heavy atom. The molecule has 0 aliphatic rings. The predicted molar refractivity (Wildman–Crippen MR) is 69.5 cm³/mol. The van der Waals surface area contributed by atoms with Gasteiger partial charge in [0.05, 0.1) is 11.9 Å². The number of carbonyl (C=O) groups is 1. The highest BCUT2D eigenvalue weighted by atomic mass is 32.2. The second-order valence-electron chi connectivity index (χ2n) is 4.50. The van der Waals surface area contributed by atoms with Crippen molar-refractivity contribution < 1.29 is 9.90 Å². The molecule has 1 aromatic heterocycles. The minimum atomic E-state index is -0.931. The molecule has 0 aliphatic carbocycles. The van der Waals surface area contributed by atoms with E-state index in [-0.39, 0.29) is 10.3 Å². The molecule has 96 valence electrons. The van der Waals surface area contributed by atoms with Crippen molar-refractivity contribution in [1.82, 2.24) is 15.1 Å². The number of nitrogens with zero attached hydrogens (tertiary/aromatic N) is 2. The third-order valence-electron chi connectivity index (χ3n) is 2.69. The predicted octanol–water partition coefficient (Wildman–Crippen LogP) is 1.35. The molecule has 0 saturated heterocycles. The molecule has 1 rings (SSSR count). The van der Waals surface area contributed by atoms with E-state index < -0.39 is 5.97 Å². The quantitative estimate of drug-likeness (QED) is 0.805. The van der Waals surface area contributed by atoms with Crippen LogP contribution in [0.4, 0.5) is 0 Å². The first-order valence-electron chi connectivity index (χ1n) is 5.37. The van der Waals surface area contributed by atoms with Gasteiger partial charge in [-0.05, 0) is 20.1 Å². The van der Waals surface area contributed by atoms with Crippen molar-refractivity contribution >= 4 is 17.7 Å². The molecule has 5 nitrogen and oxygen atoms in total. The molecule has 1 heterocycles. The third kappa shape index (κ3) is 3.74. The minimum absolute atomic E-state index is 0.141. The van der Waals surface area contributed by atoms with E-state index in [0.717, 1.165) is 6.54 Å². The molecule has 2 N–H and O–H groups in total. The molecule has 0 fully saturated rings. The molecule has 0 unspecified atom stereocenters. The van der Waals surface area contributed by atoms with E-state index in [2.05, 4.69) is 30.5 Å². The van der Waals surface area contributed by atoms with Crippen LogP contribution in [0.2, 0.25) is 0 Å². The Labute approximate surface area is 106 Å². The van der Waals surface area contributed by atoms with Crippen molar-refractivity contribution in [3.05, 3.63) is 17.5 Å². The first kappa shape index (κ1) is 14.1. The highest BCUT2D eigenvalue weighted by Crippen LogP contribution is 2.19. The fourth-order valence-electron chi connectivity index (χ4n) is 1.41. The zero-order valence-electron chi connectivity index (χ0n) is 10.6. The van der Waals surface area contributed by atoms with Gasteiger partial charge in [0, 0.05) is 24.9 Å². The molecule has 0 spiro atoms. The molecular formula is C11H19N3O2S. The number of hydrogen-bond acceptors (Lipinski definition) is 4. The number of carboxylic acid groups (broad SMARTS) is 1. The maximum Gasteiger partial charge on any atom is 0.339 e. The summed E-state index contributed by atoms with van der Waals surface area (Å²) in [7, 11) is 1.75. The van der Waals surface area contributed by atoms with Crippen LogP contribution in [0.1, 0.15) is 29.9 Å². The SMILES string of the molecule is CSC(C)(C)CNCc1c(C(=O)O)cnn1C. The number of aromatic carboxylic acids is 1. The van der Waals surface area contributed by atoms with Crippen LogP contribution >= 0.6 is 11.8 Å². The zero-order valence-corrected chi connectivity index (χ0v) is 11.5. The number of carboxylic acids is 1. The summed E-state index contributed by atoms with van der Waals surface area (Å²) in [5.74, 6) is -0.931. The molecule has 0 aromatic carbocycles. The lowest BCUT2D eigenvalue weighted by Crippen LogP contribution is -2.32. The zero-order chi connectivity index (χ0) is 13.1. The minimum Gasteiger partial charge on any atom is -0.478 e. The molecule has 0 atom stereocenters. The van der Waals surface area contributed by atoms with Gasteiger partial charge in [0.2, 0.25) is 0 Å². The van der Waals surface area contributed by atoms with Gasteiger partial charge in [0.1, 0.15) is 5.56 Å². The van der Waals surface area contributed by atoms with Crippen molar-refractivity contribution in [1.29, 1.82) is 0 Å². The van der Waals surface area contributed by atoms with Gasteiger partial charge in [-0.2, -0.15) is 16.9 Å². The summed E-state index contributed by atoms with van der Waals surface area (Å²) < 4.78 is 1.74. The van der Waals surface area contributed by atoms with E-state index in [9.17, 15) is 4.79 Å². The standard InChI is InChI=1S/C11H19N3O2S/c1-11(2,17-4)7-12-6-9-8(10(15)16)5-13-14(9)3/h5,12H,6-7H2,1-4H3,(H,15,16). The van der Waals surface area contributed by atoms with Gasteiger partial charge in [0.25, 0.3) is 0 Å². The Morgan fingerprint density at radius 2 is 2.29 bits per heavy atom. The lowest BCUT2D eigenvalue weighted by molar-refractivity contribution is 0.0695. The van der Waals surface area contributed by atoms with Gasteiger partial charge >= 0.3 is 5.97 Å². The van der Waals surface area contributed by atoms with Crippen LogP contribution in [0.5, 0.6) is 0 Å². The van der Waals surface area contributed by atoms with Crippen LogP contribution in [0.15, 0.2) is 6.20 Å². The van der Waals surface area contributed by atoms with Crippen molar-refractivity contribution in [3.63, 3.8) is 0 Å². The van der Waals surface area contributed by atoms with E-state index >= 15 is 0 Å². The molecule has 17 heavy (non-hydrogen) atoms. The summed E-state index contributed by atoms with van der Waals surface area (Å²) >= 11 is 1.78. The van der Waals surface area contributed by atoms with Gasteiger partial charge < -0.3 is 10.4 Å². The summed E-state index contributed by atoms with van der Waals surface area (Å²) in [5.41, 5.74) is 0.969. The number of hydrogen-bond donors (Lipinski definition) is 2. The number of thioether (sulfide) groups is 1. The van der Waals surface area contributed by atoms with E-state index in [1.807, 2.05) is 0 Å². The Hall–Kier alpha value is -1.01. The van der Waals surface area contributed by atoms with Gasteiger partial charge in [0.15, 0.2) is 0 Å². The van der Waals surface area contributed by atoms with Crippen LogP contribution in [0.25, 0.3) is 0 Å². The van der Waals surface area contributed by atoms with Gasteiger partial charge in [-0.3, -0.25) is 4.68 Å². The molecule has 6 heteroatoms. The van der Waals surface area contributed by atoms with Crippen molar-refractivity contribution in [2.24, 2.45) is 7.05 Å². The second-order valence-corrected chi connectivity index (χ2v) is 6.01. The number of rotatable bonds is 6. The molecule has 0 aliphatic heterocycles. The highest BCUT2D eigenvalue weighted by Gasteiger charge is 2.18. The van der Waals surface area contributed by atoms with E-state index in [1.165, 1.54) is 6.20 Å². The molecule has 0 bridgehead atoms. The van der Waals surface area contributed by atoms with Crippen LogP contribution in [0.3, 0.4) is 0 Å². The molecule has 0 radical (unpaired) electrons. The lowest BCUT2D eigenvalue weighted by atomic mass is 10.2. The molecule has 0 amide bonds. The Bertz CT molecular complexity index is 401. The average Bonchev–Trinajstić information content (AvgIpc) is 2.60. The van der Waals surface area contributed by atoms with Crippen molar-refractivity contribution in [2.75, 3.05) is 12.8 Å². The fraction of sp³-hybridized carbons (Fsp3) is 0.636. The second kappa shape index (κ2) is 5.55. The third-order valence-corrected chi connectivity index (χ3v) is 3.94. The van der Waals surface area contributed by atoms with Gasteiger partial charge in [-0.25, -0.2) is 4.79 Å². The average molecular weight is 257 g/mol. The summed E-state index contributed by atoms with van der Waals surface area (Å²) in [6.45, 7) is 5.62. The van der Waals surface area contributed by atoms with E-state index in [0.29, 0.717) is 12.2 Å². The first-order chi connectivity index (χ1) is 7.87. The summed E-state index contributed by atoms with van der Waals surface area (Å²) in [4.78, 5) is 11.0. The highest BCUT2D eigenvalue weighted by molar-refractivity contribution is 7.99. The van der Waals surface area contributed by atoms with Crippen molar-refractivity contribution in [2.45, 2.75) is 25.1 Å². The maximum absolute atomic E-state index is 11.0. The van der Waals surface area contributed by atoms with Crippen LogP contribution in [-0.2, 0) is 13.6 Å². The number of aromatic nitrogens is 2. The first-order valence-corrected chi connectivity index (χ1v) is 6.60. The smallest absolute Gasteiger partial charge is 0.339 e. The van der Waals surface area contributed by atoms with E-state index in [4.69, 9.17) is 5.11 Å². The Balaban J connectivity index is 2.63. The summed E-state index contributed by atoms with van der Waals surface area (Å²) in [6.07, 6.45) is 3.45. The van der Waals surface area contributed by atoms with Crippen LogP contribution < -0.4 is 5.32 Å². The van der Waals surface area contributed by atoms with Crippen LogP contribution in [-0.4, -0.2) is 38.4 Å². The summed E-state index contributed by atoms with van der Waals surface area (Å²) in [5, 5.41) is 16.2. The van der Waals surface area contributed by atoms with Gasteiger partial charge in [-0.15, -0.1) is 0 Å². The monoisotopic (exact) mass is 257 g/mol. The fourth-order valence-corrected chi connectivity index (χ4v) is 1.65.